The van der Waals surface area contributed by atoms with Crippen molar-refractivity contribution in [1.29, 1.82) is 0 Å². The van der Waals surface area contributed by atoms with Gasteiger partial charge in [-0.15, -0.1) is 11.3 Å². The molecule has 192 valence electrons. The summed E-state index contributed by atoms with van der Waals surface area (Å²) < 4.78 is 3.21. The van der Waals surface area contributed by atoms with Crippen molar-refractivity contribution in [2.45, 2.75) is 108 Å². The van der Waals surface area contributed by atoms with Crippen LogP contribution in [0.2, 0.25) is 0 Å². The minimum atomic E-state index is -0.895. The fraction of sp³-hybridized carbons (Fsp3) is 0.714. The molecule has 0 radical (unpaired) electrons. The summed E-state index contributed by atoms with van der Waals surface area (Å²) in [5.41, 5.74) is 0.902. The second-order valence-electron chi connectivity index (χ2n) is 11.3. The van der Waals surface area contributed by atoms with Crippen molar-refractivity contribution in [3.8, 4) is 0 Å². The molecule has 1 aliphatic heterocycles. The monoisotopic (exact) mass is 498 g/mol. The first-order valence-electron chi connectivity index (χ1n) is 13.9. The molecule has 2 aromatic rings. The molecule has 2 amide bonds. The standard InChI is InChI=1S/C28H42N4O2S/c1-28(27(34)29-21-11-7-4-3-5-8-12-21)20-31-23-15-18-35-25(23)19-24(31)26(33)32(28)17-16-30(2)22-13-9-6-10-14-22/h15,18-19,21-22H,3-14,16-17,20H2,1-2H3,(H,29,34)/t28-/m1/s1. The number of likely N-dealkylation sites (N-methyl/N-ethyl adjacent to an activating group) is 1. The van der Waals surface area contributed by atoms with Gasteiger partial charge >= 0.3 is 0 Å². The van der Waals surface area contributed by atoms with Crippen molar-refractivity contribution in [3.05, 3.63) is 23.2 Å². The summed E-state index contributed by atoms with van der Waals surface area (Å²) in [5.74, 6) is 0.00600. The van der Waals surface area contributed by atoms with Gasteiger partial charge in [-0.05, 0) is 57.2 Å². The highest BCUT2D eigenvalue weighted by Crippen LogP contribution is 2.35. The average molecular weight is 499 g/mol. The lowest BCUT2D eigenvalue weighted by atomic mass is 9.91. The number of fused-ring (bicyclic) bond motifs is 3. The Kier molecular flexibility index (Phi) is 7.54. The van der Waals surface area contributed by atoms with E-state index in [4.69, 9.17) is 0 Å². The van der Waals surface area contributed by atoms with Crippen molar-refractivity contribution in [2.24, 2.45) is 0 Å². The first-order valence-corrected chi connectivity index (χ1v) is 14.8. The molecular weight excluding hydrogens is 456 g/mol. The van der Waals surface area contributed by atoms with E-state index in [0.29, 0.717) is 19.1 Å². The van der Waals surface area contributed by atoms with Crippen LogP contribution in [0.3, 0.4) is 0 Å². The topological polar surface area (TPSA) is 57.6 Å². The summed E-state index contributed by atoms with van der Waals surface area (Å²) in [7, 11) is 2.19. The number of amides is 2. The number of hydrogen-bond acceptors (Lipinski definition) is 4. The smallest absolute Gasteiger partial charge is 0.271 e. The van der Waals surface area contributed by atoms with Gasteiger partial charge in [-0.3, -0.25) is 9.59 Å². The summed E-state index contributed by atoms with van der Waals surface area (Å²) in [5, 5.41) is 5.48. The van der Waals surface area contributed by atoms with E-state index in [0.717, 1.165) is 35.3 Å². The Bertz CT molecular complexity index is 1030. The van der Waals surface area contributed by atoms with Gasteiger partial charge in [-0.1, -0.05) is 51.4 Å². The molecule has 0 spiro atoms. The Morgan fingerprint density at radius 1 is 1.09 bits per heavy atom. The van der Waals surface area contributed by atoms with Gasteiger partial charge in [0.1, 0.15) is 11.2 Å². The Morgan fingerprint density at radius 2 is 1.74 bits per heavy atom. The van der Waals surface area contributed by atoms with Crippen LogP contribution < -0.4 is 5.32 Å². The molecule has 2 aromatic heterocycles. The number of thiophene rings is 1. The SMILES string of the molecule is CN(CCN1C(=O)c2cc3sccc3n2C[C@]1(C)C(=O)NC1CCCCCCC1)C1CCCCC1. The summed E-state index contributed by atoms with van der Waals surface area (Å²) in [6.07, 6.45) is 14.7. The van der Waals surface area contributed by atoms with E-state index >= 15 is 0 Å². The molecule has 6 nitrogen and oxygen atoms in total. The van der Waals surface area contributed by atoms with Gasteiger partial charge < -0.3 is 19.7 Å². The van der Waals surface area contributed by atoms with Gasteiger partial charge in [-0.2, -0.15) is 0 Å². The number of aromatic nitrogens is 1. The minimum Gasteiger partial charge on any atom is -0.351 e. The molecule has 3 heterocycles. The molecule has 7 heteroatoms. The maximum Gasteiger partial charge on any atom is 0.271 e. The highest BCUT2D eigenvalue weighted by atomic mass is 32.1. The lowest BCUT2D eigenvalue weighted by Crippen LogP contribution is -2.65. The number of hydrogen-bond donors (Lipinski definition) is 1. The zero-order valence-corrected chi connectivity index (χ0v) is 22.4. The third kappa shape index (κ3) is 5.04. The maximum absolute atomic E-state index is 14.0. The molecule has 0 unspecified atom stereocenters. The number of carbonyl (C=O) groups excluding carboxylic acids is 2. The second-order valence-corrected chi connectivity index (χ2v) is 12.3. The average Bonchev–Trinajstić information content (AvgIpc) is 3.43. The molecule has 35 heavy (non-hydrogen) atoms. The molecule has 1 atom stereocenters. The van der Waals surface area contributed by atoms with Gasteiger partial charge in [0.2, 0.25) is 5.91 Å². The van der Waals surface area contributed by atoms with Crippen molar-refractivity contribution >= 4 is 33.4 Å². The van der Waals surface area contributed by atoms with Gasteiger partial charge in [-0.25, -0.2) is 0 Å². The number of rotatable bonds is 6. The molecule has 1 N–H and O–H groups in total. The summed E-state index contributed by atoms with van der Waals surface area (Å²) in [6, 6.07) is 4.91. The molecule has 2 aliphatic carbocycles. The third-order valence-electron chi connectivity index (χ3n) is 8.85. The van der Waals surface area contributed by atoms with Crippen molar-refractivity contribution < 1.29 is 9.59 Å². The lowest BCUT2D eigenvalue weighted by Gasteiger charge is -2.45. The Hall–Kier alpha value is -1.86. The van der Waals surface area contributed by atoms with E-state index in [-0.39, 0.29) is 17.9 Å². The van der Waals surface area contributed by atoms with E-state index in [2.05, 4.69) is 33.3 Å². The van der Waals surface area contributed by atoms with Crippen molar-refractivity contribution in [3.63, 3.8) is 0 Å². The van der Waals surface area contributed by atoms with Crippen LogP contribution in [0.1, 0.15) is 94.5 Å². The minimum absolute atomic E-state index is 0.00740. The zero-order valence-electron chi connectivity index (χ0n) is 21.6. The second kappa shape index (κ2) is 10.6. The molecule has 0 bridgehead atoms. The summed E-state index contributed by atoms with van der Waals surface area (Å²) >= 11 is 1.66. The quantitative estimate of drug-likeness (QED) is 0.579. The fourth-order valence-corrected chi connectivity index (χ4v) is 7.35. The van der Waals surface area contributed by atoms with Gasteiger partial charge in [0.05, 0.1) is 16.8 Å². The van der Waals surface area contributed by atoms with Gasteiger partial charge in [0, 0.05) is 25.2 Å². The van der Waals surface area contributed by atoms with Crippen LogP contribution in [0.15, 0.2) is 17.5 Å². The Labute approximate surface area is 214 Å². The first kappa shape index (κ1) is 24.8. The van der Waals surface area contributed by atoms with Crippen LogP contribution >= 0.6 is 11.3 Å². The van der Waals surface area contributed by atoms with Gasteiger partial charge in [0.25, 0.3) is 5.91 Å². The predicted octanol–water partition coefficient (Wildman–Crippen LogP) is 5.41. The van der Waals surface area contributed by atoms with E-state index in [9.17, 15) is 9.59 Å². The molecule has 0 aromatic carbocycles. The number of carbonyl (C=O) groups is 2. The van der Waals surface area contributed by atoms with Crippen LogP contribution in [0.5, 0.6) is 0 Å². The first-order chi connectivity index (χ1) is 17.0. The number of nitrogens with zero attached hydrogens (tertiary/aromatic N) is 3. The van der Waals surface area contributed by atoms with E-state index in [1.807, 2.05) is 17.9 Å². The molecule has 2 saturated carbocycles. The highest BCUT2D eigenvalue weighted by Gasteiger charge is 2.48. The van der Waals surface area contributed by atoms with Crippen molar-refractivity contribution in [1.82, 2.24) is 19.7 Å². The third-order valence-corrected chi connectivity index (χ3v) is 9.71. The molecule has 0 saturated heterocycles. The Balaban J connectivity index is 1.39. The summed E-state index contributed by atoms with van der Waals surface area (Å²) in [6.45, 7) is 3.89. The van der Waals surface area contributed by atoms with E-state index in [1.165, 1.54) is 64.2 Å². The molecule has 2 fully saturated rings. The Morgan fingerprint density at radius 3 is 2.49 bits per heavy atom. The van der Waals surface area contributed by atoms with E-state index in [1.54, 1.807) is 11.3 Å². The van der Waals surface area contributed by atoms with Crippen LogP contribution in [0.25, 0.3) is 10.2 Å². The lowest BCUT2D eigenvalue weighted by molar-refractivity contribution is -0.133. The zero-order chi connectivity index (χ0) is 24.4. The largest absolute Gasteiger partial charge is 0.351 e. The van der Waals surface area contributed by atoms with Crippen molar-refractivity contribution in [2.75, 3.05) is 20.1 Å². The predicted molar refractivity (Wildman–Crippen MR) is 143 cm³/mol. The highest BCUT2D eigenvalue weighted by molar-refractivity contribution is 7.17. The fourth-order valence-electron chi connectivity index (χ4n) is 6.53. The van der Waals surface area contributed by atoms with E-state index < -0.39 is 5.54 Å². The van der Waals surface area contributed by atoms with Crippen LogP contribution in [-0.4, -0.2) is 63.9 Å². The van der Waals surface area contributed by atoms with Crippen LogP contribution in [0, 0.1) is 0 Å². The van der Waals surface area contributed by atoms with Crippen LogP contribution in [-0.2, 0) is 11.3 Å². The summed E-state index contributed by atoms with van der Waals surface area (Å²) in [4.78, 5) is 32.2. The van der Waals surface area contributed by atoms with Gasteiger partial charge in [0.15, 0.2) is 0 Å². The molecule has 3 aliphatic rings. The number of nitrogens with one attached hydrogen (secondary N) is 1. The maximum atomic E-state index is 14.0. The molecule has 5 rings (SSSR count). The normalized spacial score (nSPS) is 25.0. The molecular formula is C28H42N4O2S. The van der Waals surface area contributed by atoms with Crippen LogP contribution in [0.4, 0.5) is 0 Å².